The standard InChI is InChI=1S/C20H22F3N3O4S/c1-13-15(7-9-18(24-13)20(21,22)23)19(27)25-16-12-14(6-8-17(16)30-2)31(28,29)26-10-4-3-5-11-26/h6-9,12H,3-5,10-11H2,1-2H3,(H,25,27). The first-order valence-corrected chi connectivity index (χ1v) is 11.0. The number of nitrogens with one attached hydrogen (secondary N) is 1. The first-order chi connectivity index (χ1) is 14.5. The average molecular weight is 457 g/mol. The number of ether oxygens (including phenoxy) is 1. The molecule has 1 fully saturated rings. The van der Waals surface area contributed by atoms with Crippen molar-refractivity contribution >= 4 is 21.6 Å². The van der Waals surface area contributed by atoms with Gasteiger partial charge in [0.25, 0.3) is 5.91 Å². The molecule has 3 rings (SSSR count). The van der Waals surface area contributed by atoms with E-state index in [4.69, 9.17) is 4.74 Å². The number of benzene rings is 1. The Labute approximate surface area is 178 Å². The van der Waals surface area contributed by atoms with E-state index in [9.17, 15) is 26.4 Å². The molecule has 1 aliphatic heterocycles. The maximum atomic E-state index is 12.9. The summed E-state index contributed by atoms with van der Waals surface area (Å²) in [6, 6.07) is 5.85. The third-order valence-corrected chi connectivity index (χ3v) is 6.89. The van der Waals surface area contributed by atoms with Crippen molar-refractivity contribution in [2.24, 2.45) is 0 Å². The largest absolute Gasteiger partial charge is 0.495 e. The number of carbonyl (C=O) groups is 1. The predicted molar refractivity (Wildman–Crippen MR) is 108 cm³/mol. The zero-order chi connectivity index (χ0) is 22.8. The molecule has 2 heterocycles. The monoisotopic (exact) mass is 457 g/mol. The summed E-state index contributed by atoms with van der Waals surface area (Å²) in [5.74, 6) is -0.520. The smallest absolute Gasteiger partial charge is 0.433 e. The van der Waals surface area contributed by atoms with Crippen LogP contribution in [0, 0.1) is 6.92 Å². The summed E-state index contributed by atoms with van der Waals surface area (Å²) >= 11 is 0. The molecule has 1 N–H and O–H groups in total. The third-order valence-electron chi connectivity index (χ3n) is 4.99. The van der Waals surface area contributed by atoms with Gasteiger partial charge in [0.05, 0.1) is 29.0 Å². The second-order valence-electron chi connectivity index (χ2n) is 7.11. The van der Waals surface area contributed by atoms with Crippen LogP contribution in [0.3, 0.4) is 0 Å². The number of aryl methyl sites for hydroxylation is 1. The first-order valence-electron chi connectivity index (χ1n) is 9.58. The summed E-state index contributed by atoms with van der Waals surface area (Å²) in [7, 11) is -2.40. The summed E-state index contributed by atoms with van der Waals surface area (Å²) in [6.07, 6.45) is -2.10. The molecule has 1 aliphatic rings. The van der Waals surface area contributed by atoms with E-state index < -0.39 is 27.8 Å². The van der Waals surface area contributed by atoms with Gasteiger partial charge in [0, 0.05) is 13.1 Å². The minimum absolute atomic E-state index is 0.00670. The number of methoxy groups -OCH3 is 1. The number of halogens is 3. The highest BCUT2D eigenvalue weighted by Gasteiger charge is 2.33. The van der Waals surface area contributed by atoms with Gasteiger partial charge in [-0.1, -0.05) is 6.42 Å². The zero-order valence-corrected chi connectivity index (χ0v) is 17.8. The lowest BCUT2D eigenvalue weighted by Crippen LogP contribution is -2.35. The number of hydrogen-bond acceptors (Lipinski definition) is 5. The van der Waals surface area contributed by atoms with Gasteiger partial charge in [0.1, 0.15) is 11.4 Å². The fourth-order valence-electron chi connectivity index (χ4n) is 3.35. The van der Waals surface area contributed by atoms with E-state index in [0.29, 0.717) is 13.1 Å². The molecule has 0 spiro atoms. The molecular formula is C20H22F3N3O4S. The van der Waals surface area contributed by atoms with Gasteiger partial charge >= 0.3 is 6.18 Å². The number of piperidine rings is 1. The fraction of sp³-hybridized carbons (Fsp3) is 0.400. The minimum Gasteiger partial charge on any atom is -0.495 e. The van der Waals surface area contributed by atoms with Gasteiger partial charge in [-0.15, -0.1) is 0 Å². The quantitative estimate of drug-likeness (QED) is 0.737. The molecule has 0 atom stereocenters. The van der Waals surface area contributed by atoms with E-state index in [0.717, 1.165) is 31.4 Å². The van der Waals surface area contributed by atoms with Crippen LogP contribution < -0.4 is 10.1 Å². The summed E-state index contributed by atoms with van der Waals surface area (Å²) in [6.45, 7) is 2.14. The topological polar surface area (TPSA) is 88.6 Å². The SMILES string of the molecule is COc1ccc(S(=O)(=O)N2CCCCC2)cc1NC(=O)c1ccc(C(F)(F)F)nc1C. The van der Waals surface area contributed by atoms with Gasteiger partial charge in [0.15, 0.2) is 0 Å². The van der Waals surface area contributed by atoms with Crippen molar-refractivity contribution in [3.63, 3.8) is 0 Å². The van der Waals surface area contributed by atoms with Crippen LogP contribution >= 0.6 is 0 Å². The number of pyridine rings is 1. The van der Waals surface area contributed by atoms with E-state index in [-0.39, 0.29) is 27.6 Å². The second kappa shape index (κ2) is 8.83. The Morgan fingerprint density at radius 2 is 1.81 bits per heavy atom. The summed E-state index contributed by atoms with van der Waals surface area (Å²) in [5.41, 5.74) is -1.19. The van der Waals surface area contributed by atoms with Crippen LogP contribution in [0.5, 0.6) is 5.75 Å². The maximum Gasteiger partial charge on any atom is 0.433 e. The molecule has 0 aliphatic carbocycles. The molecule has 0 unspecified atom stereocenters. The Morgan fingerprint density at radius 1 is 1.13 bits per heavy atom. The van der Waals surface area contributed by atoms with Crippen molar-refractivity contribution < 1.29 is 31.1 Å². The molecule has 1 aromatic carbocycles. The highest BCUT2D eigenvalue weighted by molar-refractivity contribution is 7.89. The summed E-state index contributed by atoms with van der Waals surface area (Å²) < 4.78 is 70.9. The van der Waals surface area contributed by atoms with E-state index in [1.807, 2.05) is 0 Å². The molecular weight excluding hydrogens is 435 g/mol. The number of alkyl halides is 3. The number of carbonyl (C=O) groups excluding carboxylic acids is 1. The highest BCUT2D eigenvalue weighted by Crippen LogP contribution is 2.31. The lowest BCUT2D eigenvalue weighted by Gasteiger charge is -2.26. The van der Waals surface area contributed by atoms with Crippen molar-refractivity contribution in [2.45, 2.75) is 37.3 Å². The Hall–Kier alpha value is -2.66. The van der Waals surface area contributed by atoms with Gasteiger partial charge in [-0.3, -0.25) is 4.79 Å². The van der Waals surface area contributed by atoms with Crippen molar-refractivity contribution in [3.8, 4) is 5.75 Å². The number of sulfonamides is 1. The van der Waals surface area contributed by atoms with E-state index in [2.05, 4.69) is 10.3 Å². The molecule has 31 heavy (non-hydrogen) atoms. The van der Waals surface area contributed by atoms with Gasteiger partial charge in [-0.05, 0) is 50.1 Å². The average Bonchev–Trinajstić information content (AvgIpc) is 2.73. The molecule has 1 aromatic heterocycles. The second-order valence-corrected chi connectivity index (χ2v) is 9.05. The molecule has 2 aromatic rings. The predicted octanol–water partition coefficient (Wildman–Crippen LogP) is 3.84. The lowest BCUT2D eigenvalue weighted by atomic mass is 10.1. The minimum atomic E-state index is -4.62. The van der Waals surface area contributed by atoms with E-state index in [1.54, 1.807) is 0 Å². The Morgan fingerprint density at radius 3 is 2.39 bits per heavy atom. The first kappa shape index (κ1) is 23.0. The van der Waals surface area contributed by atoms with E-state index >= 15 is 0 Å². The van der Waals surface area contributed by atoms with Gasteiger partial charge in [-0.2, -0.15) is 17.5 Å². The maximum absolute atomic E-state index is 12.9. The Balaban J connectivity index is 1.90. The number of nitrogens with zero attached hydrogens (tertiary/aromatic N) is 2. The van der Waals surface area contributed by atoms with Crippen molar-refractivity contribution in [1.82, 2.24) is 9.29 Å². The Kier molecular flexibility index (Phi) is 6.56. The van der Waals surface area contributed by atoms with Crippen molar-refractivity contribution in [3.05, 3.63) is 47.3 Å². The molecule has 168 valence electrons. The van der Waals surface area contributed by atoms with E-state index in [1.165, 1.54) is 36.5 Å². The molecule has 0 saturated carbocycles. The number of anilines is 1. The van der Waals surface area contributed by atoms with Crippen molar-refractivity contribution in [1.29, 1.82) is 0 Å². The van der Waals surface area contributed by atoms with Gasteiger partial charge in [0.2, 0.25) is 10.0 Å². The molecule has 0 bridgehead atoms. The number of rotatable bonds is 5. The van der Waals surface area contributed by atoms with Crippen LogP contribution in [0.1, 0.15) is 41.0 Å². The van der Waals surface area contributed by atoms with Crippen LogP contribution in [-0.4, -0.2) is 43.8 Å². The normalized spacial score (nSPS) is 15.5. The molecule has 0 radical (unpaired) electrons. The van der Waals surface area contributed by atoms with Crippen molar-refractivity contribution in [2.75, 3.05) is 25.5 Å². The third kappa shape index (κ3) is 4.99. The molecule has 1 saturated heterocycles. The molecule has 7 nitrogen and oxygen atoms in total. The summed E-state index contributed by atoms with van der Waals surface area (Å²) in [5, 5.41) is 2.52. The van der Waals surface area contributed by atoms with Crippen LogP contribution in [0.2, 0.25) is 0 Å². The molecule has 11 heteroatoms. The number of amides is 1. The number of aromatic nitrogens is 1. The Bertz CT molecular complexity index is 1080. The lowest BCUT2D eigenvalue weighted by molar-refractivity contribution is -0.141. The number of hydrogen-bond donors (Lipinski definition) is 1. The van der Waals surface area contributed by atoms with Crippen LogP contribution in [-0.2, 0) is 16.2 Å². The zero-order valence-electron chi connectivity index (χ0n) is 17.0. The van der Waals surface area contributed by atoms with Crippen LogP contribution in [0.15, 0.2) is 35.2 Å². The van der Waals surface area contributed by atoms with Gasteiger partial charge in [-0.25, -0.2) is 13.4 Å². The van der Waals surface area contributed by atoms with Crippen LogP contribution in [0.4, 0.5) is 18.9 Å². The highest BCUT2D eigenvalue weighted by atomic mass is 32.2. The molecule has 1 amide bonds. The van der Waals surface area contributed by atoms with Crippen LogP contribution in [0.25, 0.3) is 0 Å². The fourth-order valence-corrected chi connectivity index (χ4v) is 4.89. The van der Waals surface area contributed by atoms with Gasteiger partial charge < -0.3 is 10.1 Å². The summed E-state index contributed by atoms with van der Waals surface area (Å²) in [4.78, 5) is 16.1.